The summed E-state index contributed by atoms with van der Waals surface area (Å²) >= 11 is 0. The zero-order valence-electron chi connectivity index (χ0n) is 10.3. The number of ether oxygens (including phenoxy) is 2. The van der Waals surface area contributed by atoms with Crippen LogP contribution in [-0.2, 0) is 9.47 Å². The Balaban J connectivity index is 2.12. The average Bonchev–Trinajstić information content (AvgIpc) is 2.27. The molecule has 0 spiro atoms. The Morgan fingerprint density at radius 2 is 1.93 bits per heavy atom. The van der Waals surface area contributed by atoms with Crippen molar-refractivity contribution in [3.63, 3.8) is 0 Å². The Labute approximate surface area is 93.5 Å². The molecule has 1 unspecified atom stereocenters. The molecule has 0 heterocycles. The van der Waals surface area contributed by atoms with E-state index in [9.17, 15) is 0 Å². The highest BCUT2D eigenvalue weighted by Gasteiger charge is 2.21. The molecule has 0 saturated heterocycles. The van der Waals surface area contributed by atoms with Crippen LogP contribution >= 0.6 is 0 Å². The quantitative estimate of drug-likeness (QED) is 0.734. The van der Waals surface area contributed by atoms with Crippen molar-refractivity contribution < 1.29 is 9.47 Å². The third kappa shape index (κ3) is 4.96. The highest BCUT2D eigenvalue weighted by atomic mass is 16.5. The highest BCUT2D eigenvalue weighted by Crippen LogP contribution is 2.20. The van der Waals surface area contributed by atoms with E-state index in [4.69, 9.17) is 9.47 Å². The molecular weight excluding hydrogens is 190 g/mol. The van der Waals surface area contributed by atoms with Crippen molar-refractivity contribution in [3.05, 3.63) is 0 Å². The van der Waals surface area contributed by atoms with Crippen LogP contribution in [0, 0.1) is 0 Å². The maximum atomic E-state index is 5.39. The zero-order valence-corrected chi connectivity index (χ0v) is 10.3. The summed E-state index contributed by atoms with van der Waals surface area (Å²) in [5.41, 5.74) is 0. The molecule has 1 aliphatic rings. The Bertz CT molecular complexity index is 156. The normalized spacial score (nSPS) is 29.0. The Morgan fingerprint density at radius 3 is 2.47 bits per heavy atom. The van der Waals surface area contributed by atoms with Gasteiger partial charge in [-0.15, -0.1) is 0 Å². The van der Waals surface area contributed by atoms with E-state index in [-0.39, 0.29) is 0 Å². The van der Waals surface area contributed by atoms with Gasteiger partial charge in [-0.3, -0.25) is 0 Å². The number of hydrogen-bond acceptors (Lipinski definition) is 3. The Kier molecular flexibility index (Phi) is 6.22. The molecule has 1 aliphatic carbocycles. The SMILES string of the molecule is CCOCC(C)NC1CCC(OC)CC1. The maximum absolute atomic E-state index is 5.39. The van der Waals surface area contributed by atoms with Crippen molar-refractivity contribution in [1.82, 2.24) is 5.32 Å². The summed E-state index contributed by atoms with van der Waals surface area (Å²) in [7, 11) is 1.82. The van der Waals surface area contributed by atoms with Gasteiger partial charge < -0.3 is 14.8 Å². The van der Waals surface area contributed by atoms with E-state index in [0.717, 1.165) is 13.2 Å². The Morgan fingerprint density at radius 1 is 1.27 bits per heavy atom. The van der Waals surface area contributed by atoms with Crippen LogP contribution in [-0.4, -0.2) is 38.5 Å². The van der Waals surface area contributed by atoms with Gasteiger partial charge in [-0.2, -0.15) is 0 Å². The molecule has 0 bridgehead atoms. The molecule has 3 heteroatoms. The van der Waals surface area contributed by atoms with Crippen LogP contribution in [0.4, 0.5) is 0 Å². The van der Waals surface area contributed by atoms with E-state index in [1.54, 1.807) is 0 Å². The van der Waals surface area contributed by atoms with Crippen LogP contribution in [0.2, 0.25) is 0 Å². The minimum atomic E-state index is 0.467. The molecule has 1 saturated carbocycles. The molecule has 15 heavy (non-hydrogen) atoms. The second-order valence-electron chi connectivity index (χ2n) is 4.44. The predicted molar refractivity (Wildman–Crippen MR) is 62.1 cm³/mol. The van der Waals surface area contributed by atoms with Crippen molar-refractivity contribution in [2.24, 2.45) is 0 Å². The van der Waals surface area contributed by atoms with Crippen LogP contribution in [0.1, 0.15) is 39.5 Å². The van der Waals surface area contributed by atoms with E-state index < -0.39 is 0 Å². The average molecular weight is 215 g/mol. The first-order chi connectivity index (χ1) is 7.26. The van der Waals surface area contributed by atoms with Gasteiger partial charge in [0.15, 0.2) is 0 Å². The fraction of sp³-hybridized carbons (Fsp3) is 1.00. The highest BCUT2D eigenvalue weighted by molar-refractivity contribution is 4.79. The summed E-state index contributed by atoms with van der Waals surface area (Å²) in [6, 6.07) is 1.13. The van der Waals surface area contributed by atoms with Crippen LogP contribution in [0.25, 0.3) is 0 Å². The van der Waals surface area contributed by atoms with E-state index in [0.29, 0.717) is 18.2 Å². The van der Waals surface area contributed by atoms with Crippen molar-refractivity contribution in [2.45, 2.75) is 57.7 Å². The summed E-state index contributed by atoms with van der Waals surface area (Å²) in [4.78, 5) is 0. The van der Waals surface area contributed by atoms with Gasteiger partial charge in [0.25, 0.3) is 0 Å². The molecule has 1 fully saturated rings. The molecule has 90 valence electrons. The van der Waals surface area contributed by atoms with Crippen LogP contribution in [0.15, 0.2) is 0 Å². The molecule has 3 nitrogen and oxygen atoms in total. The van der Waals surface area contributed by atoms with E-state index in [1.807, 2.05) is 14.0 Å². The van der Waals surface area contributed by atoms with E-state index in [2.05, 4.69) is 12.2 Å². The molecule has 0 amide bonds. The molecular formula is C12H25NO2. The van der Waals surface area contributed by atoms with Crippen molar-refractivity contribution in [1.29, 1.82) is 0 Å². The van der Waals surface area contributed by atoms with Gasteiger partial charge in [-0.05, 0) is 39.5 Å². The van der Waals surface area contributed by atoms with Crippen LogP contribution in [0.5, 0.6) is 0 Å². The van der Waals surface area contributed by atoms with Gasteiger partial charge in [0, 0.05) is 25.8 Å². The number of methoxy groups -OCH3 is 1. The number of nitrogens with one attached hydrogen (secondary N) is 1. The molecule has 0 radical (unpaired) electrons. The molecule has 0 aliphatic heterocycles. The third-order valence-corrected chi connectivity index (χ3v) is 3.10. The lowest BCUT2D eigenvalue weighted by Gasteiger charge is -2.30. The topological polar surface area (TPSA) is 30.5 Å². The van der Waals surface area contributed by atoms with Crippen LogP contribution < -0.4 is 5.32 Å². The van der Waals surface area contributed by atoms with E-state index in [1.165, 1.54) is 25.7 Å². The fourth-order valence-electron chi connectivity index (χ4n) is 2.21. The first-order valence-corrected chi connectivity index (χ1v) is 6.12. The molecule has 1 N–H and O–H groups in total. The maximum Gasteiger partial charge on any atom is 0.0616 e. The van der Waals surface area contributed by atoms with Gasteiger partial charge in [0.2, 0.25) is 0 Å². The Hall–Kier alpha value is -0.120. The van der Waals surface area contributed by atoms with Gasteiger partial charge in [-0.25, -0.2) is 0 Å². The van der Waals surface area contributed by atoms with Crippen molar-refractivity contribution in [2.75, 3.05) is 20.3 Å². The molecule has 0 aromatic rings. The second kappa shape index (κ2) is 7.20. The first kappa shape index (κ1) is 12.9. The van der Waals surface area contributed by atoms with Gasteiger partial charge in [0.1, 0.15) is 0 Å². The minimum absolute atomic E-state index is 0.467. The van der Waals surface area contributed by atoms with E-state index >= 15 is 0 Å². The third-order valence-electron chi connectivity index (χ3n) is 3.10. The summed E-state index contributed by atoms with van der Waals surface area (Å²) in [5, 5.41) is 3.62. The minimum Gasteiger partial charge on any atom is -0.381 e. The smallest absolute Gasteiger partial charge is 0.0616 e. The zero-order chi connectivity index (χ0) is 11.1. The fourth-order valence-corrected chi connectivity index (χ4v) is 2.21. The number of hydrogen-bond donors (Lipinski definition) is 1. The monoisotopic (exact) mass is 215 g/mol. The standard InChI is InChI=1S/C12H25NO2/c1-4-15-9-10(2)13-11-5-7-12(14-3)8-6-11/h10-13H,4-9H2,1-3H3. The molecule has 0 aromatic heterocycles. The van der Waals surface area contributed by atoms with Crippen molar-refractivity contribution >= 4 is 0 Å². The number of rotatable bonds is 6. The molecule has 0 aromatic carbocycles. The lowest BCUT2D eigenvalue weighted by Crippen LogP contribution is -2.42. The predicted octanol–water partition coefficient (Wildman–Crippen LogP) is 1.96. The summed E-state index contributed by atoms with van der Waals surface area (Å²) in [5.74, 6) is 0. The van der Waals surface area contributed by atoms with Gasteiger partial charge in [-0.1, -0.05) is 0 Å². The van der Waals surface area contributed by atoms with Gasteiger partial charge >= 0.3 is 0 Å². The second-order valence-corrected chi connectivity index (χ2v) is 4.44. The molecule has 1 atom stereocenters. The van der Waals surface area contributed by atoms with Crippen molar-refractivity contribution in [3.8, 4) is 0 Å². The lowest BCUT2D eigenvalue weighted by molar-refractivity contribution is 0.0577. The summed E-state index contributed by atoms with van der Waals surface area (Å²) < 4.78 is 10.7. The first-order valence-electron chi connectivity index (χ1n) is 6.12. The molecule has 1 rings (SSSR count). The summed E-state index contributed by atoms with van der Waals surface area (Å²) in [6.45, 7) is 5.86. The van der Waals surface area contributed by atoms with Gasteiger partial charge in [0.05, 0.1) is 12.7 Å². The summed E-state index contributed by atoms with van der Waals surface area (Å²) in [6.07, 6.45) is 5.33. The van der Waals surface area contributed by atoms with Crippen LogP contribution in [0.3, 0.4) is 0 Å². The largest absolute Gasteiger partial charge is 0.381 e. The lowest BCUT2D eigenvalue weighted by atomic mass is 9.92.